The largest absolute Gasteiger partial charge is 0.314 e. The van der Waals surface area contributed by atoms with Crippen molar-refractivity contribution < 1.29 is 0 Å². The summed E-state index contributed by atoms with van der Waals surface area (Å²) in [4.78, 5) is 0. The molecule has 21 heavy (non-hydrogen) atoms. The van der Waals surface area contributed by atoms with Gasteiger partial charge in [0.25, 0.3) is 0 Å². The van der Waals surface area contributed by atoms with Crippen LogP contribution < -0.4 is 5.32 Å². The van der Waals surface area contributed by atoms with Crippen LogP contribution in [-0.4, -0.2) is 12.6 Å². The lowest BCUT2D eigenvalue weighted by molar-refractivity contribution is 0.398. The predicted octanol–water partition coefficient (Wildman–Crippen LogP) is 4.60. The molecule has 1 fully saturated rings. The first-order valence-corrected chi connectivity index (χ1v) is 8.21. The summed E-state index contributed by atoms with van der Waals surface area (Å²) in [5.74, 6) is 1.33. The lowest BCUT2D eigenvalue weighted by Gasteiger charge is -2.25. The van der Waals surface area contributed by atoms with Crippen molar-refractivity contribution in [3.05, 3.63) is 71.8 Å². The molecular formula is C20H25N. The lowest BCUT2D eigenvalue weighted by Crippen LogP contribution is -2.29. The Morgan fingerprint density at radius 3 is 2.05 bits per heavy atom. The van der Waals surface area contributed by atoms with Crippen LogP contribution in [0, 0.1) is 5.92 Å². The lowest BCUT2D eigenvalue weighted by atomic mass is 9.82. The zero-order chi connectivity index (χ0) is 14.5. The molecule has 1 N–H and O–H groups in total. The van der Waals surface area contributed by atoms with Crippen LogP contribution in [0.4, 0.5) is 0 Å². The maximum absolute atomic E-state index is 3.73. The van der Waals surface area contributed by atoms with Crippen LogP contribution in [0.1, 0.15) is 43.2 Å². The maximum Gasteiger partial charge on any atom is 0.0105 e. The summed E-state index contributed by atoms with van der Waals surface area (Å²) in [7, 11) is 0. The van der Waals surface area contributed by atoms with E-state index in [0.29, 0.717) is 12.0 Å². The van der Waals surface area contributed by atoms with E-state index in [-0.39, 0.29) is 0 Å². The molecular weight excluding hydrogens is 254 g/mol. The second-order valence-electron chi connectivity index (χ2n) is 6.13. The van der Waals surface area contributed by atoms with E-state index in [9.17, 15) is 0 Å². The second kappa shape index (κ2) is 6.91. The Hall–Kier alpha value is -1.60. The molecule has 0 spiro atoms. The van der Waals surface area contributed by atoms with E-state index in [1.54, 1.807) is 0 Å². The van der Waals surface area contributed by atoms with Gasteiger partial charge in [0.15, 0.2) is 0 Å². The van der Waals surface area contributed by atoms with Crippen LogP contribution in [0.25, 0.3) is 0 Å². The normalized spacial score (nSPS) is 21.8. The van der Waals surface area contributed by atoms with E-state index in [0.717, 1.165) is 5.92 Å². The minimum Gasteiger partial charge on any atom is -0.314 e. The summed E-state index contributed by atoms with van der Waals surface area (Å²) < 4.78 is 0. The van der Waals surface area contributed by atoms with Crippen molar-refractivity contribution in [2.75, 3.05) is 6.54 Å². The van der Waals surface area contributed by atoms with E-state index >= 15 is 0 Å². The highest BCUT2D eigenvalue weighted by Crippen LogP contribution is 2.33. The van der Waals surface area contributed by atoms with Crippen molar-refractivity contribution in [1.82, 2.24) is 5.32 Å². The highest BCUT2D eigenvalue weighted by molar-refractivity contribution is 5.32. The minimum atomic E-state index is 0.497. The van der Waals surface area contributed by atoms with E-state index in [1.165, 1.54) is 36.9 Å². The molecule has 3 rings (SSSR count). The van der Waals surface area contributed by atoms with Crippen molar-refractivity contribution in [2.24, 2.45) is 5.92 Å². The molecule has 2 atom stereocenters. The van der Waals surface area contributed by atoms with Gasteiger partial charge < -0.3 is 5.32 Å². The molecule has 1 heterocycles. The molecule has 0 amide bonds. The molecule has 2 unspecified atom stereocenters. The molecule has 0 aliphatic carbocycles. The molecule has 1 nitrogen and oxygen atoms in total. The summed E-state index contributed by atoms with van der Waals surface area (Å²) in [6.07, 6.45) is 3.82. The Morgan fingerprint density at radius 1 is 0.952 bits per heavy atom. The van der Waals surface area contributed by atoms with Crippen molar-refractivity contribution in [2.45, 2.75) is 38.1 Å². The maximum atomic E-state index is 3.73. The van der Waals surface area contributed by atoms with Gasteiger partial charge in [0, 0.05) is 12.0 Å². The van der Waals surface area contributed by atoms with Gasteiger partial charge in [-0.1, -0.05) is 74.0 Å². The highest BCUT2D eigenvalue weighted by Gasteiger charge is 2.28. The standard InChI is InChI=1S/C20H25N/c1-2-16-13-14-21-20(16)15-19(17-9-5-3-6-10-17)18-11-7-4-8-12-18/h3-12,16,19-21H,2,13-15H2,1H3. The first-order chi connectivity index (χ1) is 10.4. The summed E-state index contributed by atoms with van der Waals surface area (Å²) in [6, 6.07) is 22.6. The molecule has 0 bridgehead atoms. The summed E-state index contributed by atoms with van der Waals surface area (Å²) in [5.41, 5.74) is 2.87. The topological polar surface area (TPSA) is 12.0 Å². The fourth-order valence-electron chi connectivity index (χ4n) is 3.68. The molecule has 0 aromatic heterocycles. The Morgan fingerprint density at radius 2 is 1.52 bits per heavy atom. The first kappa shape index (κ1) is 14.3. The number of nitrogens with one attached hydrogen (secondary N) is 1. The average Bonchev–Trinajstić information content (AvgIpc) is 3.01. The smallest absolute Gasteiger partial charge is 0.0105 e. The second-order valence-corrected chi connectivity index (χ2v) is 6.13. The fourth-order valence-corrected chi connectivity index (χ4v) is 3.68. The number of rotatable bonds is 5. The van der Waals surface area contributed by atoms with E-state index < -0.39 is 0 Å². The van der Waals surface area contributed by atoms with Gasteiger partial charge in [-0.3, -0.25) is 0 Å². The minimum absolute atomic E-state index is 0.497. The van der Waals surface area contributed by atoms with Crippen LogP contribution in [0.2, 0.25) is 0 Å². The SMILES string of the molecule is CCC1CCNC1CC(c1ccccc1)c1ccccc1. The first-order valence-electron chi connectivity index (χ1n) is 8.21. The Balaban J connectivity index is 1.86. The summed E-state index contributed by atoms with van der Waals surface area (Å²) in [5, 5.41) is 3.73. The van der Waals surface area contributed by atoms with Crippen molar-refractivity contribution >= 4 is 0 Å². The van der Waals surface area contributed by atoms with E-state index in [4.69, 9.17) is 0 Å². The van der Waals surface area contributed by atoms with Crippen LogP contribution in [0.5, 0.6) is 0 Å². The van der Waals surface area contributed by atoms with Gasteiger partial charge in [-0.05, 0) is 36.4 Å². The molecule has 0 saturated carbocycles. The van der Waals surface area contributed by atoms with Gasteiger partial charge in [0.1, 0.15) is 0 Å². The summed E-state index contributed by atoms with van der Waals surface area (Å²) in [6.45, 7) is 3.50. The number of hydrogen-bond acceptors (Lipinski definition) is 1. The van der Waals surface area contributed by atoms with Crippen molar-refractivity contribution in [3.63, 3.8) is 0 Å². The molecule has 110 valence electrons. The third-order valence-corrected chi connectivity index (χ3v) is 4.91. The zero-order valence-corrected chi connectivity index (χ0v) is 12.8. The zero-order valence-electron chi connectivity index (χ0n) is 12.8. The fraction of sp³-hybridized carbons (Fsp3) is 0.400. The molecule has 0 radical (unpaired) electrons. The van der Waals surface area contributed by atoms with Crippen LogP contribution >= 0.6 is 0 Å². The predicted molar refractivity (Wildman–Crippen MR) is 89.5 cm³/mol. The third-order valence-electron chi connectivity index (χ3n) is 4.91. The molecule has 1 aliphatic heterocycles. The highest BCUT2D eigenvalue weighted by atomic mass is 14.9. The van der Waals surface area contributed by atoms with Gasteiger partial charge in [0.2, 0.25) is 0 Å². The van der Waals surface area contributed by atoms with Crippen LogP contribution in [0.15, 0.2) is 60.7 Å². The number of hydrogen-bond donors (Lipinski definition) is 1. The summed E-state index contributed by atoms with van der Waals surface area (Å²) >= 11 is 0. The average molecular weight is 279 g/mol. The molecule has 1 aliphatic rings. The molecule has 2 aromatic rings. The van der Waals surface area contributed by atoms with Gasteiger partial charge in [-0.25, -0.2) is 0 Å². The molecule has 1 saturated heterocycles. The quantitative estimate of drug-likeness (QED) is 0.843. The van der Waals surface area contributed by atoms with Gasteiger partial charge >= 0.3 is 0 Å². The van der Waals surface area contributed by atoms with Gasteiger partial charge in [-0.15, -0.1) is 0 Å². The van der Waals surface area contributed by atoms with E-state index in [1.807, 2.05) is 0 Å². The van der Waals surface area contributed by atoms with Gasteiger partial charge in [-0.2, -0.15) is 0 Å². The number of benzene rings is 2. The van der Waals surface area contributed by atoms with Gasteiger partial charge in [0.05, 0.1) is 0 Å². The Bertz CT molecular complexity index is 495. The third kappa shape index (κ3) is 3.36. The van der Waals surface area contributed by atoms with Crippen molar-refractivity contribution in [3.8, 4) is 0 Å². The molecule has 2 aromatic carbocycles. The monoisotopic (exact) mass is 279 g/mol. The van der Waals surface area contributed by atoms with Crippen molar-refractivity contribution in [1.29, 1.82) is 0 Å². The van der Waals surface area contributed by atoms with Crippen LogP contribution in [0.3, 0.4) is 0 Å². The Labute approximate surface area is 128 Å². The van der Waals surface area contributed by atoms with Crippen LogP contribution in [-0.2, 0) is 0 Å². The van der Waals surface area contributed by atoms with E-state index in [2.05, 4.69) is 72.9 Å². The molecule has 1 heteroatoms. The Kier molecular flexibility index (Phi) is 4.72.